The Morgan fingerprint density at radius 1 is 1.35 bits per heavy atom. The van der Waals surface area contributed by atoms with Gasteiger partial charge in [0.05, 0.1) is 11.3 Å². The van der Waals surface area contributed by atoms with Gasteiger partial charge in [-0.3, -0.25) is 14.4 Å². The van der Waals surface area contributed by atoms with E-state index in [-0.39, 0.29) is 0 Å². The quantitative estimate of drug-likeness (QED) is 0.576. The number of benzene rings is 1. The topological polar surface area (TPSA) is 89.3 Å². The number of Topliss-reactive ketones (excluding diaryl/α,β-unsaturated/α-hetero) is 1. The van der Waals surface area contributed by atoms with Gasteiger partial charge in [0.2, 0.25) is 5.91 Å². The number of anilines is 1. The molecule has 0 bridgehead atoms. The Bertz CT molecular complexity index is 573. The van der Waals surface area contributed by atoms with Crippen molar-refractivity contribution in [3.63, 3.8) is 0 Å². The summed E-state index contributed by atoms with van der Waals surface area (Å²) >= 11 is 0. The number of nitrogens with two attached hydrogens (primary N) is 1. The number of carbonyl (C=O) groups is 3. The van der Waals surface area contributed by atoms with Gasteiger partial charge in [-0.2, -0.15) is 0 Å². The van der Waals surface area contributed by atoms with Gasteiger partial charge in [-0.1, -0.05) is 6.07 Å². The maximum absolute atomic E-state index is 11.7. The summed E-state index contributed by atoms with van der Waals surface area (Å²) in [6, 6.07) is 3.42. The van der Waals surface area contributed by atoms with E-state index < -0.39 is 17.6 Å². The van der Waals surface area contributed by atoms with Gasteiger partial charge < -0.3 is 11.1 Å². The minimum atomic E-state index is -0.653. The number of aryl methyl sites for hydroxylation is 1. The van der Waals surface area contributed by atoms with Crippen LogP contribution in [0.4, 0.5) is 5.69 Å². The number of primary amides is 1. The first-order valence-corrected chi connectivity index (χ1v) is 4.97. The van der Waals surface area contributed by atoms with Crippen LogP contribution in [0.25, 0.3) is 6.08 Å². The lowest BCUT2D eigenvalue weighted by molar-refractivity contribution is -0.113. The van der Waals surface area contributed by atoms with Crippen molar-refractivity contribution in [3.05, 3.63) is 34.9 Å². The van der Waals surface area contributed by atoms with E-state index in [1.54, 1.807) is 19.1 Å². The summed E-state index contributed by atoms with van der Waals surface area (Å²) in [6.07, 6.45) is 2.62. The lowest BCUT2D eigenvalue weighted by Gasteiger charge is -2.05. The predicted octanol–water partition coefficient (Wildman–Crippen LogP) is 0.628. The van der Waals surface area contributed by atoms with Gasteiger partial charge in [-0.15, -0.1) is 0 Å². The molecule has 0 radical (unpaired) electrons. The first-order chi connectivity index (χ1) is 8.00. The molecule has 0 saturated heterocycles. The van der Waals surface area contributed by atoms with Crippen molar-refractivity contribution < 1.29 is 14.4 Å². The molecule has 5 heteroatoms. The summed E-state index contributed by atoms with van der Waals surface area (Å²) in [5, 5.41) is 2.46. The average Bonchev–Trinajstić information content (AvgIpc) is 2.54. The van der Waals surface area contributed by atoms with E-state index in [1.807, 2.05) is 0 Å². The Hall–Kier alpha value is -2.43. The van der Waals surface area contributed by atoms with Crippen molar-refractivity contribution in [3.8, 4) is 0 Å². The minimum absolute atomic E-state index is 0.299. The maximum Gasteiger partial charge on any atom is 0.296 e. The number of ketones is 1. The third-order valence-corrected chi connectivity index (χ3v) is 2.56. The van der Waals surface area contributed by atoms with Crippen molar-refractivity contribution in [2.75, 3.05) is 5.32 Å². The second-order valence-corrected chi connectivity index (χ2v) is 3.74. The van der Waals surface area contributed by atoms with Gasteiger partial charge in [0.1, 0.15) is 0 Å². The second kappa shape index (κ2) is 3.86. The smallest absolute Gasteiger partial charge is 0.296 e. The molecule has 1 aromatic carbocycles. The standard InChI is InChI=1S/C12H10N2O3/c1-6-2-4-8-10(11(16)12(17)14-8)7(6)3-5-9(13)15/h2-5H,1H3,(H2,13,15)(H,14,16,17). The molecule has 0 spiro atoms. The Morgan fingerprint density at radius 2 is 2.06 bits per heavy atom. The fourth-order valence-electron chi connectivity index (χ4n) is 1.75. The predicted molar refractivity (Wildman–Crippen MR) is 62.4 cm³/mol. The third kappa shape index (κ3) is 1.82. The SMILES string of the molecule is Cc1ccc2c(c1C=CC(N)=O)C(=O)C(=O)N2. The van der Waals surface area contributed by atoms with Gasteiger partial charge in [0.25, 0.3) is 11.7 Å². The molecule has 2 amide bonds. The van der Waals surface area contributed by atoms with E-state index in [0.717, 1.165) is 5.56 Å². The average molecular weight is 230 g/mol. The third-order valence-electron chi connectivity index (χ3n) is 2.56. The molecule has 5 nitrogen and oxygen atoms in total. The van der Waals surface area contributed by atoms with Crippen LogP contribution in [0.2, 0.25) is 0 Å². The van der Waals surface area contributed by atoms with Gasteiger partial charge in [-0.25, -0.2) is 0 Å². The van der Waals surface area contributed by atoms with Gasteiger partial charge in [0, 0.05) is 6.08 Å². The highest BCUT2D eigenvalue weighted by atomic mass is 16.2. The van der Waals surface area contributed by atoms with E-state index in [1.165, 1.54) is 12.2 Å². The summed E-state index contributed by atoms with van der Waals surface area (Å²) in [6.45, 7) is 1.79. The van der Waals surface area contributed by atoms with Crippen LogP contribution in [0.5, 0.6) is 0 Å². The zero-order valence-electron chi connectivity index (χ0n) is 9.11. The monoisotopic (exact) mass is 230 g/mol. The molecule has 86 valence electrons. The van der Waals surface area contributed by atoms with E-state index in [9.17, 15) is 14.4 Å². The van der Waals surface area contributed by atoms with Crippen molar-refractivity contribution in [1.29, 1.82) is 0 Å². The number of rotatable bonds is 2. The highest BCUT2D eigenvalue weighted by molar-refractivity contribution is 6.52. The molecule has 2 rings (SSSR count). The zero-order valence-corrected chi connectivity index (χ0v) is 9.11. The number of nitrogens with one attached hydrogen (secondary N) is 1. The number of hydrogen-bond acceptors (Lipinski definition) is 3. The van der Waals surface area contributed by atoms with Crippen LogP contribution in [0.15, 0.2) is 18.2 Å². The van der Waals surface area contributed by atoms with Gasteiger partial charge in [-0.05, 0) is 30.2 Å². The fraction of sp³-hybridized carbons (Fsp3) is 0.0833. The molecule has 3 N–H and O–H groups in total. The first-order valence-electron chi connectivity index (χ1n) is 4.97. The summed E-state index contributed by atoms with van der Waals surface area (Å²) in [4.78, 5) is 33.6. The number of hydrogen-bond donors (Lipinski definition) is 2. The second-order valence-electron chi connectivity index (χ2n) is 3.74. The van der Waals surface area contributed by atoms with Crippen LogP contribution < -0.4 is 11.1 Å². The number of fused-ring (bicyclic) bond motifs is 1. The summed E-state index contributed by atoms with van der Waals surface area (Å²) in [7, 11) is 0. The van der Waals surface area contributed by atoms with E-state index in [2.05, 4.69) is 5.32 Å². The number of amides is 2. The molecule has 1 aliphatic rings. The van der Waals surface area contributed by atoms with Crippen LogP contribution in [0, 0.1) is 6.92 Å². The minimum Gasteiger partial charge on any atom is -0.366 e. The molecule has 1 heterocycles. The molecule has 0 fully saturated rings. The molecule has 1 aliphatic heterocycles. The summed E-state index contributed by atoms with van der Waals surface area (Å²) < 4.78 is 0. The summed E-state index contributed by atoms with van der Waals surface area (Å²) in [5.74, 6) is -1.85. The summed E-state index contributed by atoms with van der Waals surface area (Å²) in [5.41, 5.74) is 7.11. The Balaban J connectivity index is 2.60. The maximum atomic E-state index is 11.7. The highest BCUT2D eigenvalue weighted by Gasteiger charge is 2.30. The lowest BCUT2D eigenvalue weighted by Crippen LogP contribution is -2.13. The molecule has 1 aromatic rings. The van der Waals surface area contributed by atoms with Crippen molar-refractivity contribution in [1.82, 2.24) is 0 Å². The molecular weight excluding hydrogens is 220 g/mol. The molecule has 0 saturated carbocycles. The normalized spacial score (nSPS) is 13.9. The molecule has 0 unspecified atom stereocenters. The van der Waals surface area contributed by atoms with Gasteiger partial charge >= 0.3 is 0 Å². The fourth-order valence-corrected chi connectivity index (χ4v) is 1.75. The van der Waals surface area contributed by atoms with E-state index in [0.29, 0.717) is 16.8 Å². The van der Waals surface area contributed by atoms with Crippen LogP contribution in [0.3, 0.4) is 0 Å². The molecule has 0 aliphatic carbocycles. The van der Waals surface area contributed by atoms with Crippen molar-refractivity contribution in [2.45, 2.75) is 6.92 Å². The lowest BCUT2D eigenvalue weighted by atomic mass is 9.98. The molecular formula is C12H10N2O3. The van der Waals surface area contributed by atoms with Crippen molar-refractivity contribution in [2.24, 2.45) is 5.73 Å². The van der Waals surface area contributed by atoms with Crippen LogP contribution in [-0.2, 0) is 9.59 Å². The molecule has 0 atom stereocenters. The first kappa shape index (κ1) is 11.1. The van der Waals surface area contributed by atoms with Crippen LogP contribution in [-0.4, -0.2) is 17.6 Å². The van der Waals surface area contributed by atoms with Crippen LogP contribution in [0.1, 0.15) is 21.5 Å². The Labute approximate surface area is 97.3 Å². The molecule has 17 heavy (non-hydrogen) atoms. The van der Waals surface area contributed by atoms with Gasteiger partial charge in [0.15, 0.2) is 0 Å². The van der Waals surface area contributed by atoms with Crippen molar-refractivity contribution >= 4 is 29.4 Å². The Kier molecular flexibility index (Phi) is 2.51. The van der Waals surface area contributed by atoms with E-state index in [4.69, 9.17) is 5.73 Å². The van der Waals surface area contributed by atoms with Crippen LogP contribution >= 0.6 is 0 Å². The molecule has 0 aromatic heterocycles. The number of carbonyl (C=O) groups excluding carboxylic acids is 3. The Morgan fingerprint density at radius 3 is 2.71 bits per heavy atom. The van der Waals surface area contributed by atoms with E-state index >= 15 is 0 Å². The zero-order chi connectivity index (χ0) is 12.6. The highest BCUT2D eigenvalue weighted by Crippen LogP contribution is 2.29. The largest absolute Gasteiger partial charge is 0.366 e.